The van der Waals surface area contributed by atoms with Crippen molar-refractivity contribution in [2.75, 3.05) is 0 Å². The number of hydrogen-bond donors (Lipinski definition) is 0. The monoisotopic (exact) mass is 1080 g/mol. The van der Waals surface area contributed by atoms with Crippen molar-refractivity contribution in [3.63, 3.8) is 0 Å². The van der Waals surface area contributed by atoms with Crippen molar-refractivity contribution in [1.82, 2.24) is 0 Å². The van der Waals surface area contributed by atoms with Crippen molar-refractivity contribution < 1.29 is 25.8 Å². The van der Waals surface area contributed by atoms with Crippen LogP contribution in [0.4, 0.5) is 0 Å². The minimum atomic E-state index is -1.86. The molecule has 420 valence electrons. The summed E-state index contributed by atoms with van der Waals surface area (Å²) in [4.78, 5) is 0. The lowest BCUT2D eigenvalue weighted by molar-refractivity contribution is 0.184. The Bertz CT molecular complexity index is 3240. The Balaban J connectivity index is 1.09. The van der Waals surface area contributed by atoms with Gasteiger partial charge in [0.15, 0.2) is 0 Å². The maximum absolute atomic E-state index is 7.35. The highest BCUT2D eigenvalue weighted by Gasteiger charge is 2.51. The zero-order chi connectivity index (χ0) is 55.3. The highest BCUT2D eigenvalue weighted by molar-refractivity contribution is 7.32. The maximum Gasteiger partial charge on any atom is 0.387 e. The van der Waals surface area contributed by atoms with Gasteiger partial charge in [-0.2, -0.15) is 0 Å². The third-order valence-corrected chi connectivity index (χ3v) is 22.1. The van der Waals surface area contributed by atoms with Crippen LogP contribution in [0.3, 0.4) is 0 Å². The molecule has 4 aliphatic rings. The van der Waals surface area contributed by atoms with Crippen LogP contribution < -0.4 is 9.05 Å². The first-order chi connectivity index (χ1) is 36.4. The summed E-state index contributed by atoms with van der Waals surface area (Å²) in [7, 11) is -3.71. The molecule has 4 fully saturated rings. The third-order valence-electron chi connectivity index (χ3n) is 19.7. The van der Waals surface area contributed by atoms with E-state index in [2.05, 4.69) is 173 Å². The van der Waals surface area contributed by atoms with Crippen molar-refractivity contribution in [2.24, 2.45) is 21.7 Å². The third kappa shape index (κ3) is 11.6. The first kappa shape index (κ1) is 56.9. The average molecular weight is 1090 g/mol. The Morgan fingerprint density at radius 2 is 0.740 bits per heavy atom. The molecular weight excluding hydrogens is 987 g/mol. The molecule has 6 nitrogen and oxygen atoms in total. The van der Waals surface area contributed by atoms with Crippen molar-refractivity contribution in [3.05, 3.63) is 93.0 Å². The van der Waals surface area contributed by atoms with Crippen LogP contribution in [0.15, 0.2) is 65.3 Å². The molecule has 8 heteroatoms. The van der Waals surface area contributed by atoms with Crippen LogP contribution in [0.1, 0.15) is 300 Å². The van der Waals surface area contributed by atoms with Crippen LogP contribution in [-0.2, 0) is 0 Å². The van der Waals surface area contributed by atoms with E-state index >= 15 is 0 Å². The largest absolute Gasteiger partial charge is 0.399 e. The Kier molecular flexibility index (Phi) is 15.9. The molecule has 0 N–H and O–H groups in total. The lowest BCUT2D eigenvalue weighted by Gasteiger charge is -2.18. The number of rotatable bonds is 22. The summed E-state index contributed by atoms with van der Waals surface area (Å²) in [5.74, 6) is 3.37. The molecule has 0 spiro atoms. The van der Waals surface area contributed by atoms with Crippen molar-refractivity contribution in [3.8, 4) is 0 Å². The number of benzene rings is 4. The van der Waals surface area contributed by atoms with Crippen LogP contribution in [0, 0.1) is 21.7 Å². The summed E-state index contributed by atoms with van der Waals surface area (Å²) in [6, 6.07) is 19.8. The molecule has 77 heavy (non-hydrogen) atoms. The molecule has 2 heterocycles. The van der Waals surface area contributed by atoms with Gasteiger partial charge in [0.25, 0.3) is 0 Å². The van der Waals surface area contributed by atoms with E-state index in [9.17, 15) is 0 Å². The SMILES string of the molecule is CCCC(C)c1cc(C(C)CCC)c2op(O[C@H](C)C[C@@H](C)Op3oc4c(C(C)CCC)cc(C5CC5(C)C)cc4c4cc(C5CC5(C)C)cc(C5CC5(C)C)c4o3)oc3c(C4CC4(C)C)cc(C(C)CCC)cc3c2c1. The summed E-state index contributed by atoms with van der Waals surface area (Å²) >= 11 is 0. The highest BCUT2D eigenvalue weighted by atomic mass is 31.1. The van der Waals surface area contributed by atoms with E-state index in [-0.39, 0.29) is 28.5 Å². The summed E-state index contributed by atoms with van der Waals surface area (Å²) in [6.07, 6.45) is 13.7. The molecule has 2 aromatic heterocycles. The molecule has 12 atom stereocenters. The fourth-order valence-electron chi connectivity index (χ4n) is 13.8. The predicted octanol–water partition coefficient (Wildman–Crippen LogP) is 23.3. The van der Waals surface area contributed by atoms with E-state index in [1.54, 1.807) is 0 Å². The molecule has 0 bridgehead atoms. The molecule has 10 rings (SSSR count). The van der Waals surface area contributed by atoms with Gasteiger partial charge < -0.3 is 16.8 Å². The van der Waals surface area contributed by atoms with Crippen LogP contribution in [0.5, 0.6) is 0 Å². The first-order valence-electron chi connectivity index (χ1n) is 30.8. The summed E-state index contributed by atoms with van der Waals surface area (Å²) in [6.45, 7) is 42.4. The van der Waals surface area contributed by atoms with E-state index in [0.29, 0.717) is 59.2 Å². The Labute approximate surface area is 466 Å². The van der Waals surface area contributed by atoms with Gasteiger partial charge in [0, 0.05) is 28.0 Å². The molecule has 0 amide bonds. The van der Waals surface area contributed by atoms with Gasteiger partial charge in [-0.05, 0) is 203 Å². The van der Waals surface area contributed by atoms with E-state index in [1.807, 2.05) is 0 Å². The van der Waals surface area contributed by atoms with Gasteiger partial charge in [0.05, 0.1) is 12.2 Å². The second-order valence-corrected chi connectivity index (χ2v) is 30.6. The van der Waals surface area contributed by atoms with Crippen LogP contribution in [0.2, 0.25) is 0 Å². The van der Waals surface area contributed by atoms with Crippen LogP contribution >= 0.6 is 16.5 Å². The Hall–Kier alpha value is -3.40. The van der Waals surface area contributed by atoms with Gasteiger partial charge in [-0.1, -0.05) is 161 Å². The summed E-state index contributed by atoms with van der Waals surface area (Å²) in [5.41, 5.74) is 15.7. The second kappa shape index (κ2) is 21.5. The molecule has 0 radical (unpaired) electrons. The molecule has 0 aliphatic heterocycles. The van der Waals surface area contributed by atoms with Gasteiger partial charge >= 0.3 is 16.5 Å². The van der Waals surface area contributed by atoms with Gasteiger partial charge in [0.2, 0.25) is 0 Å². The molecule has 0 saturated heterocycles. The smallest absolute Gasteiger partial charge is 0.387 e. The first-order valence-corrected chi connectivity index (χ1v) is 32.9. The van der Waals surface area contributed by atoms with Gasteiger partial charge in [-0.25, -0.2) is 0 Å². The quantitative estimate of drug-likeness (QED) is 0.0675. The second-order valence-electron chi connectivity index (χ2n) is 28.6. The van der Waals surface area contributed by atoms with E-state index in [1.165, 1.54) is 73.5 Å². The highest BCUT2D eigenvalue weighted by Crippen LogP contribution is 2.65. The fourth-order valence-corrected chi connectivity index (χ4v) is 16.3. The fraction of sp³-hybridized carbons (Fsp3) is 0.652. The van der Waals surface area contributed by atoms with E-state index in [4.69, 9.17) is 25.8 Å². The number of hydrogen-bond acceptors (Lipinski definition) is 6. The lowest BCUT2D eigenvalue weighted by atomic mass is 9.86. The molecular formula is C69H98O6P2. The molecule has 4 aromatic carbocycles. The average Bonchev–Trinajstić information content (AvgIpc) is 4.38. The van der Waals surface area contributed by atoms with Gasteiger partial charge in [-0.3, -0.25) is 9.05 Å². The zero-order valence-electron chi connectivity index (χ0n) is 50.9. The van der Waals surface area contributed by atoms with E-state index in [0.717, 1.165) is 91.9 Å². The van der Waals surface area contributed by atoms with E-state index < -0.39 is 16.5 Å². The summed E-state index contributed by atoms with van der Waals surface area (Å²) in [5, 5.41) is 4.70. The minimum Gasteiger partial charge on any atom is -0.399 e. The molecule has 10 unspecified atom stereocenters. The Morgan fingerprint density at radius 3 is 1.16 bits per heavy atom. The lowest BCUT2D eigenvalue weighted by Crippen LogP contribution is -2.21. The topological polar surface area (TPSA) is 71.0 Å². The minimum absolute atomic E-state index is 0.198. The normalized spacial score (nSPS) is 24.4. The van der Waals surface area contributed by atoms with Crippen LogP contribution in [0.25, 0.3) is 43.9 Å². The molecule has 4 aliphatic carbocycles. The standard InChI is InChI=1S/C69H98O6P2/c1-19-23-40(5)46-28-50(42(7)25-21-3)62-52(29-46)53-30-47(41(6)24-20-2)31-56(60-38-68(60,15)16)64(53)74-76(72-62)70-44(9)27-45(10)71-77-73-63-51(43(8)26-22-4)32-48(58-36-66(58,11)12)33-54(63)55-34-49(59-37-67(59,13)14)35-57(65(55)75-77)61-39-69(61,17)18/h28-35,40-45,58-61H,19-27,36-39H2,1-18H3/t40?,41?,42?,43?,44-,45-,58?,59?,60?,61?,76?,77?/m1/s1. The Morgan fingerprint density at radius 1 is 0.416 bits per heavy atom. The molecule has 4 saturated carbocycles. The molecule has 6 aromatic rings. The van der Waals surface area contributed by atoms with Crippen molar-refractivity contribution in [2.45, 2.75) is 268 Å². The predicted molar refractivity (Wildman–Crippen MR) is 327 cm³/mol. The maximum atomic E-state index is 7.35. The van der Waals surface area contributed by atoms with Crippen molar-refractivity contribution >= 4 is 60.4 Å². The van der Waals surface area contributed by atoms with Gasteiger partial charge in [-0.15, -0.1) is 0 Å². The number of fused-ring (bicyclic) bond motifs is 6. The summed E-state index contributed by atoms with van der Waals surface area (Å²) < 4.78 is 43.7. The van der Waals surface area contributed by atoms with Crippen LogP contribution in [-0.4, -0.2) is 12.2 Å². The zero-order valence-corrected chi connectivity index (χ0v) is 52.7. The van der Waals surface area contributed by atoms with Crippen molar-refractivity contribution in [1.29, 1.82) is 0 Å². The van der Waals surface area contributed by atoms with Gasteiger partial charge in [0.1, 0.15) is 22.3 Å².